The number of benzene rings is 2. The van der Waals surface area contributed by atoms with Gasteiger partial charge in [-0.3, -0.25) is 0 Å². The van der Waals surface area contributed by atoms with Crippen molar-refractivity contribution in [2.24, 2.45) is 17.8 Å². The summed E-state index contributed by atoms with van der Waals surface area (Å²) in [6.45, 7) is 2.80. The zero-order valence-corrected chi connectivity index (χ0v) is 17.3. The Bertz CT molecular complexity index is 896. The quantitative estimate of drug-likeness (QED) is 0.773. The fourth-order valence-corrected chi connectivity index (χ4v) is 4.58. The van der Waals surface area contributed by atoms with E-state index >= 15 is 0 Å². The third-order valence-electron chi connectivity index (χ3n) is 6.43. The van der Waals surface area contributed by atoms with Crippen LogP contribution in [0.5, 0.6) is 11.5 Å². The zero-order chi connectivity index (χ0) is 20.5. The maximum absolute atomic E-state index is 13.3. The monoisotopic (exact) mass is 408 g/mol. The Morgan fingerprint density at radius 3 is 2.70 bits per heavy atom. The molecule has 6 heteroatoms. The lowest BCUT2D eigenvalue weighted by Gasteiger charge is -2.34. The van der Waals surface area contributed by atoms with Crippen molar-refractivity contribution in [1.29, 1.82) is 0 Å². The molecule has 2 amide bonds. The summed E-state index contributed by atoms with van der Waals surface area (Å²) in [5.41, 5.74) is 1.84. The highest BCUT2D eigenvalue weighted by Gasteiger charge is 2.48. The number of methoxy groups -OCH3 is 1. The van der Waals surface area contributed by atoms with Crippen molar-refractivity contribution in [1.82, 2.24) is 4.90 Å². The minimum absolute atomic E-state index is 0.00252. The summed E-state index contributed by atoms with van der Waals surface area (Å²) in [4.78, 5) is 15.2. The molecule has 3 atom stereocenters. The Kier molecular flexibility index (Phi) is 5.25. The van der Waals surface area contributed by atoms with Gasteiger partial charge in [-0.25, -0.2) is 4.79 Å². The number of likely N-dealkylation sites (tertiary alicyclic amines) is 1. The van der Waals surface area contributed by atoms with E-state index in [1.807, 2.05) is 47.4 Å². The van der Waals surface area contributed by atoms with Crippen molar-refractivity contribution in [3.63, 3.8) is 0 Å². The molecular formula is C24H28N2O4. The smallest absolute Gasteiger partial charge is 0.322 e. The second kappa shape index (κ2) is 8.19. The molecule has 0 spiro atoms. The summed E-state index contributed by atoms with van der Waals surface area (Å²) >= 11 is 0. The molecule has 6 nitrogen and oxygen atoms in total. The average Bonchev–Trinajstić information content (AvgIpc) is 3.53. The molecule has 1 N–H and O–H groups in total. The maximum Gasteiger partial charge on any atom is 0.322 e. The summed E-state index contributed by atoms with van der Waals surface area (Å²) in [5, 5.41) is 3.05. The van der Waals surface area contributed by atoms with Crippen molar-refractivity contribution >= 4 is 11.7 Å². The summed E-state index contributed by atoms with van der Waals surface area (Å²) in [6.07, 6.45) is 2.56. The van der Waals surface area contributed by atoms with Gasteiger partial charge < -0.3 is 24.4 Å². The Hall–Kier alpha value is -2.73. The van der Waals surface area contributed by atoms with Crippen molar-refractivity contribution < 1.29 is 19.0 Å². The average molecular weight is 408 g/mol. The van der Waals surface area contributed by atoms with Crippen molar-refractivity contribution in [2.45, 2.75) is 18.9 Å². The van der Waals surface area contributed by atoms with Gasteiger partial charge >= 0.3 is 6.03 Å². The van der Waals surface area contributed by atoms with Crippen LogP contribution in [0.4, 0.5) is 10.5 Å². The minimum Gasteiger partial charge on any atom is -0.497 e. The Morgan fingerprint density at radius 2 is 1.93 bits per heavy atom. The van der Waals surface area contributed by atoms with E-state index in [1.165, 1.54) is 12.8 Å². The lowest BCUT2D eigenvalue weighted by atomic mass is 9.86. The minimum atomic E-state index is -0.0865. The summed E-state index contributed by atoms with van der Waals surface area (Å²) in [5.74, 6) is 2.88. The molecule has 0 radical (unpaired) electrons. The van der Waals surface area contributed by atoms with Gasteiger partial charge in [0.2, 0.25) is 0 Å². The van der Waals surface area contributed by atoms with E-state index in [0.717, 1.165) is 35.3 Å². The molecule has 158 valence electrons. The number of nitrogens with one attached hydrogen (secondary N) is 1. The summed E-state index contributed by atoms with van der Waals surface area (Å²) < 4.78 is 17.3. The van der Waals surface area contributed by atoms with Gasteiger partial charge in [0.1, 0.15) is 11.5 Å². The first-order valence-corrected chi connectivity index (χ1v) is 10.7. The number of hydrogen-bond acceptors (Lipinski definition) is 4. The highest BCUT2D eigenvalue weighted by atomic mass is 16.5. The van der Waals surface area contributed by atoms with Gasteiger partial charge in [-0.15, -0.1) is 0 Å². The van der Waals surface area contributed by atoms with Crippen LogP contribution in [0.1, 0.15) is 24.4 Å². The number of fused-ring (bicyclic) bond motifs is 3. The first-order chi connectivity index (χ1) is 14.7. The molecule has 1 aliphatic carbocycles. The van der Waals surface area contributed by atoms with Gasteiger partial charge in [0.15, 0.2) is 0 Å². The molecule has 1 saturated carbocycles. The SMILES string of the molecule is COc1ccc(NC(=O)N2C[C@@H](COCC3CC3)[C@@H]3COc4ccccc4[C@@H]32)cc1. The lowest BCUT2D eigenvalue weighted by Crippen LogP contribution is -2.38. The number of urea groups is 1. The fraction of sp³-hybridized carbons (Fsp3) is 0.458. The van der Waals surface area contributed by atoms with E-state index in [4.69, 9.17) is 14.2 Å². The number of amides is 2. The highest BCUT2D eigenvalue weighted by molar-refractivity contribution is 5.90. The molecule has 2 heterocycles. The van der Waals surface area contributed by atoms with Gasteiger partial charge in [0.25, 0.3) is 0 Å². The number of para-hydroxylation sites is 1. The van der Waals surface area contributed by atoms with Crippen LogP contribution in [0, 0.1) is 17.8 Å². The van der Waals surface area contributed by atoms with Crippen LogP contribution in [0.3, 0.4) is 0 Å². The third-order valence-corrected chi connectivity index (χ3v) is 6.43. The Labute approximate surface area is 177 Å². The topological polar surface area (TPSA) is 60.0 Å². The van der Waals surface area contributed by atoms with E-state index in [9.17, 15) is 4.79 Å². The molecule has 2 aromatic rings. The zero-order valence-electron chi connectivity index (χ0n) is 17.3. The number of carbonyl (C=O) groups excluding carboxylic acids is 1. The van der Waals surface area contributed by atoms with Gasteiger partial charge in [0, 0.05) is 36.2 Å². The molecule has 3 aliphatic rings. The number of ether oxygens (including phenoxy) is 3. The van der Waals surface area contributed by atoms with Crippen molar-refractivity contribution in [3.8, 4) is 11.5 Å². The normalized spacial score (nSPS) is 24.6. The second-order valence-corrected chi connectivity index (χ2v) is 8.51. The van der Waals surface area contributed by atoms with Crippen LogP contribution >= 0.6 is 0 Å². The third kappa shape index (κ3) is 3.84. The molecule has 0 unspecified atom stereocenters. The van der Waals surface area contributed by atoms with E-state index in [-0.39, 0.29) is 23.9 Å². The standard InChI is InChI=1S/C24H28N2O4/c1-28-19-10-8-18(9-11-19)25-24(27)26-12-17(14-29-13-16-6-7-16)21-15-30-22-5-3-2-4-20(22)23(21)26/h2-5,8-11,16-17,21,23H,6-7,12-15H2,1H3,(H,25,27)/t17-,21-,23-/m0/s1. The van der Waals surface area contributed by atoms with E-state index in [2.05, 4.69) is 11.4 Å². The molecule has 2 aliphatic heterocycles. The van der Waals surface area contributed by atoms with E-state index in [1.54, 1.807) is 7.11 Å². The Morgan fingerprint density at radius 1 is 1.13 bits per heavy atom. The largest absolute Gasteiger partial charge is 0.497 e. The summed E-state index contributed by atoms with van der Waals surface area (Å²) in [6, 6.07) is 15.4. The molecule has 1 saturated heterocycles. The van der Waals surface area contributed by atoms with Gasteiger partial charge in [-0.1, -0.05) is 18.2 Å². The van der Waals surface area contributed by atoms with Crippen LogP contribution in [0.15, 0.2) is 48.5 Å². The lowest BCUT2D eigenvalue weighted by molar-refractivity contribution is 0.0644. The van der Waals surface area contributed by atoms with Gasteiger partial charge in [-0.05, 0) is 49.1 Å². The molecule has 0 aromatic heterocycles. The molecule has 5 rings (SSSR count). The van der Waals surface area contributed by atoms with Crippen LogP contribution in [0.25, 0.3) is 0 Å². The van der Waals surface area contributed by atoms with Crippen molar-refractivity contribution in [2.75, 3.05) is 38.8 Å². The number of nitrogens with zero attached hydrogens (tertiary/aromatic N) is 1. The van der Waals surface area contributed by atoms with Gasteiger partial charge in [-0.2, -0.15) is 0 Å². The van der Waals surface area contributed by atoms with Crippen LogP contribution in [0.2, 0.25) is 0 Å². The van der Waals surface area contributed by atoms with Crippen molar-refractivity contribution in [3.05, 3.63) is 54.1 Å². The number of carbonyl (C=O) groups is 1. The molecule has 30 heavy (non-hydrogen) atoms. The predicted molar refractivity (Wildman–Crippen MR) is 114 cm³/mol. The number of rotatable bonds is 6. The first kappa shape index (κ1) is 19.2. The maximum atomic E-state index is 13.3. The van der Waals surface area contributed by atoms with E-state index < -0.39 is 0 Å². The predicted octanol–water partition coefficient (Wildman–Crippen LogP) is 4.34. The first-order valence-electron chi connectivity index (χ1n) is 10.7. The molecular weight excluding hydrogens is 380 g/mol. The summed E-state index contributed by atoms with van der Waals surface area (Å²) in [7, 11) is 1.63. The molecule has 0 bridgehead atoms. The van der Waals surface area contributed by atoms with Crippen LogP contribution in [-0.2, 0) is 4.74 Å². The van der Waals surface area contributed by atoms with E-state index in [0.29, 0.717) is 19.8 Å². The Balaban J connectivity index is 1.35. The fourth-order valence-electron chi connectivity index (χ4n) is 4.58. The van der Waals surface area contributed by atoms with Crippen LogP contribution < -0.4 is 14.8 Å². The van der Waals surface area contributed by atoms with Crippen LogP contribution in [-0.4, -0.2) is 44.4 Å². The van der Waals surface area contributed by atoms with Gasteiger partial charge in [0.05, 0.1) is 26.4 Å². The number of hydrogen-bond donors (Lipinski definition) is 1. The molecule has 2 aromatic carbocycles. The second-order valence-electron chi connectivity index (χ2n) is 8.51. The highest BCUT2D eigenvalue weighted by Crippen LogP contribution is 2.47. The molecule has 2 fully saturated rings. The number of anilines is 1.